The number of rotatable bonds is 5. The first-order valence-electron chi connectivity index (χ1n) is 8.74. The number of carbonyl (C=O) groups excluding carboxylic acids is 2. The molecule has 27 heavy (non-hydrogen) atoms. The number of nitrogens with zero attached hydrogens (tertiary/aromatic N) is 2. The molecule has 0 aliphatic carbocycles. The number of thiazole rings is 1. The highest BCUT2D eigenvalue weighted by molar-refractivity contribution is 7.16. The predicted molar refractivity (Wildman–Crippen MR) is 107 cm³/mol. The zero-order valence-corrected chi connectivity index (χ0v) is 16.0. The lowest BCUT2D eigenvalue weighted by molar-refractivity contribution is -0.113. The summed E-state index contributed by atoms with van der Waals surface area (Å²) in [6, 6.07) is 15.0. The van der Waals surface area contributed by atoms with E-state index in [1.807, 2.05) is 47.9 Å². The Balaban J connectivity index is 1.95. The lowest BCUT2D eigenvalue weighted by atomic mass is 10.2. The van der Waals surface area contributed by atoms with E-state index in [-0.39, 0.29) is 11.9 Å². The Kier molecular flexibility index (Phi) is 5.98. The maximum absolute atomic E-state index is 12.3. The highest BCUT2D eigenvalue weighted by Gasteiger charge is 2.11. The number of carbonyl (C=O) groups is 2. The van der Waals surface area contributed by atoms with Crippen molar-refractivity contribution in [1.82, 2.24) is 4.57 Å². The zero-order valence-electron chi connectivity index (χ0n) is 15.2. The van der Waals surface area contributed by atoms with E-state index in [0.29, 0.717) is 23.5 Å². The van der Waals surface area contributed by atoms with Crippen LogP contribution in [0.15, 0.2) is 59.6 Å². The van der Waals surface area contributed by atoms with E-state index < -0.39 is 0 Å². The van der Waals surface area contributed by atoms with Crippen molar-refractivity contribution >= 4 is 39.5 Å². The van der Waals surface area contributed by atoms with Crippen molar-refractivity contribution in [3.05, 3.63) is 70.5 Å². The average Bonchev–Trinajstić information content (AvgIpc) is 3.03. The van der Waals surface area contributed by atoms with Gasteiger partial charge in [-0.25, -0.2) is 4.79 Å². The van der Waals surface area contributed by atoms with Gasteiger partial charge in [0.2, 0.25) is 0 Å². The van der Waals surface area contributed by atoms with E-state index in [9.17, 15) is 9.59 Å². The van der Waals surface area contributed by atoms with E-state index in [4.69, 9.17) is 4.74 Å². The lowest BCUT2D eigenvalue weighted by Crippen LogP contribution is -2.15. The molecule has 0 atom stereocenters. The summed E-state index contributed by atoms with van der Waals surface area (Å²) in [5.74, 6) is -0.672. The molecule has 5 nitrogen and oxygen atoms in total. The van der Waals surface area contributed by atoms with E-state index in [1.54, 1.807) is 25.1 Å². The summed E-state index contributed by atoms with van der Waals surface area (Å²) in [6.45, 7) is 4.78. The smallest absolute Gasteiger partial charge is 0.338 e. The van der Waals surface area contributed by atoms with Crippen LogP contribution in [0.5, 0.6) is 0 Å². The molecule has 6 heteroatoms. The number of benzene rings is 2. The van der Waals surface area contributed by atoms with Crippen molar-refractivity contribution in [3.63, 3.8) is 0 Å². The minimum atomic E-state index is -0.351. The van der Waals surface area contributed by atoms with Gasteiger partial charge in [0.15, 0.2) is 4.80 Å². The maximum Gasteiger partial charge on any atom is 0.338 e. The van der Waals surface area contributed by atoms with E-state index >= 15 is 0 Å². The van der Waals surface area contributed by atoms with Crippen molar-refractivity contribution in [2.75, 3.05) is 6.61 Å². The first kappa shape index (κ1) is 18.8. The second-order valence-corrected chi connectivity index (χ2v) is 6.74. The molecule has 0 bridgehead atoms. The highest BCUT2D eigenvalue weighted by Crippen LogP contribution is 2.20. The third-order valence-corrected chi connectivity index (χ3v) is 4.98. The van der Waals surface area contributed by atoms with E-state index in [0.717, 1.165) is 15.8 Å². The van der Waals surface area contributed by atoms with Crippen LogP contribution in [-0.2, 0) is 16.1 Å². The molecular formula is C21H20N2O3S. The van der Waals surface area contributed by atoms with Crippen LogP contribution in [0.4, 0.5) is 0 Å². The van der Waals surface area contributed by atoms with Gasteiger partial charge in [0.05, 0.1) is 22.4 Å². The normalized spacial score (nSPS) is 12.0. The van der Waals surface area contributed by atoms with Crippen LogP contribution in [0, 0.1) is 0 Å². The Bertz CT molecular complexity index is 1060. The van der Waals surface area contributed by atoms with Crippen LogP contribution in [0.1, 0.15) is 29.8 Å². The molecule has 0 radical (unpaired) electrons. The minimum Gasteiger partial charge on any atom is -0.462 e. The molecule has 3 aromatic rings. The van der Waals surface area contributed by atoms with Gasteiger partial charge in [0.1, 0.15) is 0 Å². The van der Waals surface area contributed by atoms with E-state index in [2.05, 4.69) is 4.99 Å². The summed E-state index contributed by atoms with van der Waals surface area (Å²) in [5, 5.41) is 0. The topological polar surface area (TPSA) is 60.7 Å². The molecule has 1 aromatic heterocycles. The highest BCUT2D eigenvalue weighted by atomic mass is 32.1. The summed E-state index contributed by atoms with van der Waals surface area (Å²) >= 11 is 1.38. The number of esters is 1. The molecule has 0 N–H and O–H groups in total. The molecule has 138 valence electrons. The van der Waals surface area contributed by atoms with Crippen molar-refractivity contribution in [2.24, 2.45) is 4.99 Å². The van der Waals surface area contributed by atoms with Crippen molar-refractivity contribution in [2.45, 2.75) is 20.4 Å². The van der Waals surface area contributed by atoms with Gasteiger partial charge in [-0.05, 0) is 43.7 Å². The first-order valence-corrected chi connectivity index (χ1v) is 9.56. The van der Waals surface area contributed by atoms with Crippen LogP contribution < -0.4 is 4.80 Å². The van der Waals surface area contributed by atoms with E-state index in [1.165, 1.54) is 17.4 Å². The molecule has 2 aromatic carbocycles. The molecule has 1 amide bonds. The fourth-order valence-electron chi connectivity index (χ4n) is 2.67. The molecule has 0 fully saturated rings. The second-order valence-electron chi connectivity index (χ2n) is 5.73. The van der Waals surface area contributed by atoms with Gasteiger partial charge < -0.3 is 9.30 Å². The molecular weight excluding hydrogens is 360 g/mol. The first-order chi connectivity index (χ1) is 13.1. The van der Waals surface area contributed by atoms with Crippen LogP contribution in [0.3, 0.4) is 0 Å². The van der Waals surface area contributed by atoms with Crippen LogP contribution in [0.2, 0.25) is 0 Å². The Morgan fingerprint density at radius 2 is 1.93 bits per heavy atom. The Morgan fingerprint density at radius 1 is 1.15 bits per heavy atom. The summed E-state index contributed by atoms with van der Waals surface area (Å²) in [5.41, 5.74) is 2.38. The molecule has 1 heterocycles. The van der Waals surface area contributed by atoms with Gasteiger partial charge in [0.25, 0.3) is 5.91 Å². The standard InChI is InChI=1S/C21H20N2O3S/c1-3-23-17-12-11-16(20(25)26-4-2)14-18(17)27-21(23)22-19(24)13-10-15-8-6-5-7-9-15/h5-14H,3-4H2,1-2H3. The Morgan fingerprint density at radius 3 is 2.63 bits per heavy atom. The Hall–Kier alpha value is -2.99. The van der Waals surface area contributed by atoms with Crippen LogP contribution >= 0.6 is 11.3 Å². The average molecular weight is 380 g/mol. The molecule has 0 unspecified atom stereocenters. The minimum absolute atomic E-state index is 0.321. The summed E-state index contributed by atoms with van der Waals surface area (Å²) in [4.78, 5) is 29.0. The number of hydrogen-bond acceptors (Lipinski definition) is 4. The van der Waals surface area contributed by atoms with Crippen molar-refractivity contribution < 1.29 is 14.3 Å². The predicted octanol–water partition coefficient (Wildman–Crippen LogP) is 4.04. The molecule has 0 spiro atoms. The summed E-state index contributed by atoms with van der Waals surface area (Å²) in [7, 11) is 0. The zero-order chi connectivity index (χ0) is 19.2. The quantitative estimate of drug-likeness (QED) is 0.496. The fourth-order valence-corrected chi connectivity index (χ4v) is 3.81. The number of aromatic nitrogens is 1. The fraction of sp³-hybridized carbons (Fsp3) is 0.190. The van der Waals surface area contributed by atoms with Crippen molar-refractivity contribution in [3.8, 4) is 0 Å². The number of amides is 1. The largest absolute Gasteiger partial charge is 0.462 e. The lowest BCUT2D eigenvalue weighted by Gasteiger charge is -2.03. The third kappa shape index (κ3) is 4.41. The number of aryl methyl sites for hydroxylation is 1. The third-order valence-electron chi connectivity index (χ3n) is 3.93. The van der Waals surface area contributed by atoms with Gasteiger partial charge in [-0.3, -0.25) is 4.79 Å². The Labute approximate surface area is 161 Å². The van der Waals surface area contributed by atoms with Crippen molar-refractivity contribution in [1.29, 1.82) is 0 Å². The number of ether oxygens (including phenoxy) is 1. The summed E-state index contributed by atoms with van der Waals surface area (Å²) < 4.78 is 7.90. The number of fused-ring (bicyclic) bond motifs is 1. The molecule has 0 saturated carbocycles. The van der Waals surface area contributed by atoms with Gasteiger partial charge in [-0.15, -0.1) is 0 Å². The van der Waals surface area contributed by atoms with Crippen LogP contribution in [0.25, 0.3) is 16.3 Å². The second kappa shape index (κ2) is 8.60. The SMILES string of the molecule is CCOC(=O)c1ccc2c(c1)sc(=NC(=O)C=Cc1ccccc1)n2CC. The maximum atomic E-state index is 12.3. The monoisotopic (exact) mass is 380 g/mol. The van der Waals surface area contributed by atoms with Gasteiger partial charge in [-0.1, -0.05) is 41.7 Å². The van der Waals surface area contributed by atoms with Crippen LogP contribution in [-0.4, -0.2) is 23.1 Å². The van der Waals surface area contributed by atoms with Gasteiger partial charge >= 0.3 is 5.97 Å². The molecule has 0 saturated heterocycles. The molecule has 3 rings (SSSR count). The summed E-state index contributed by atoms with van der Waals surface area (Å²) in [6.07, 6.45) is 3.21. The van der Waals surface area contributed by atoms with Gasteiger partial charge in [-0.2, -0.15) is 4.99 Å². The van der Waals surface area contributed by atoms with Gasteiger partial charge in [0, 0.05) is 12.6 Å². The molecule has 0 aliphatic heterocycles. The number of hydrogen-bond donors (Lipinski definition) is 0. The molecule has 0 aliphatic rings.